The summed E-state index contributed by atoms with van der Waals surface area (Å²) in [6.45, 7) is 3.84. The average Bonchev–Trinajstić information content (AvgIpc) is 2.35. The minimum absolute atomic E-state index is 0.194. The molecule has 0 aliphatic carbocycles. The Labute approximate surface area is 131 Å². The number of hydrogen-bond donors (Lipinski definition) is 2. The molecule has 0 atom stereocenters. The maximum absolute atomic E-state index is 12.3. The van der Waals surface area contributed by atoms with Crippen LogP contribution in [0.2, 0.25) is 5.02 Å². The second kappa shape index (κ2) is 5.85. The highest BCUT2D eigenvalue weighted by atomic mass is 79.9. The van der Waals surface area contributed by atoms with E-state index in [4.69, 9.17) is 17.3 Å². The fourth-order valence-electron chi connectivity index (χ4n) is 1.83. The molecule has 20 heavy (non-hydrogen) atoms. The van der Waals surface area contributed by atoms with Gasteiger partial charge in [0.05, 0.1) is 16.3 Å². The minimum Gasteiger partial charge on any atom is -0.398 e. The zero-order valence-corrected chi connectivity index (χ0v) is 13.5. The first-order chi connectivity index (χ1) is 9.38. The third kappa shape index (κ3) is 3.14. The molecule has 2 rings (SSSR count). The standard InChI is InChI=1S/C15H14BrClN2O/c1-8-3-4-10(11(16)5-8)15(20)19-14-7-12(17)13(18)6-9(14)2/h3-7H,18H2,1-2H3,(H,19,20). The molecule has 0 spiro atoms. The molecule has 0 heterocycles. The lowest BCUT2D eigenvalue weighted by Gasteiger charge is -2.11. The summed E-state index contributed by atoms with van der Waals surface area (Å²) in [5.74, 6) is -0.194. The first kappa shape index (κ1) is 14.9. The van der Waals surface area contributed by atoms with Crippen LogP contribution in [0.1, 0.15) is 21.5 Å². The van der Waals surface area contributed by atoms with Crippen LogP contribution in [0.15, 0.2) is 34.8 Å². The molecule has 0 aromatic heterocycles. The monoisotopic (exact) mass is 352 g/mol. The molecular formula is C15H14BrClN2O. The zero-order chi connectivity index (χ0) is 14.9. The summed E-state index contributed by atoms with van der Waals surface area (Å²) in [6.07, 6.45) is 0. The molecule has 3 nitrogen and oxygen atoms in total. The molecular weight excluding hydrogens is 340 g/mol. The van der Waals surface area contributed by atoms with E-state index >= 15 is 0 Å². The summed E-state index contributed by atoms with van der Waals surface area (Å²) in [5.41, 5.74) is 9.39. The number of amides is 1. The van der Waals surface area contributed by atoms with Crippen LogP contribution in [0.25, 0.3) is 0 Å². The van der Waals surface area contributed by atoms with E-state index in [1.54, 1.807) is 18.2 Å². The third-order valence-electron chi connectivity index (χ3n) is 2.96. The summed E-state index contributed by atoms with van der Waals surface area (Å²) in [4.78, 5) is 12.3. The zero-order valence-electron chi connectivity index (χ0n) is 11.1. The Kier molecular flexibility index (Phi) is 4.35. The highest BCUT2D eigenvalue weighted by Crippen LogP contribution is 2.27. The molecule has 0 aliphatic rings. The summed E-state index contributed by atoms with van der Waals surface area (Å²) < 4.78 is 0.759. The molecule has 1 amide bonds. The minimum atomic E-state index is -0.194. The number of carbonyl (C=O) groups is 1. The van der Waals surface area contributed by atoms with Gasteiger partial charge in [0, 0.05) is 10.2 Å². The van der Waals surface area contributed by atoms with Gasteiger partial charge in [-0.1, -0.05) is 17.7 Å². The number of anilines is 2. The van der Waals surface area contributed by atoms with Crippen LogP contribution in [-0.4, -0.2) is 5.91 Å². The van der Waals surface area contributed by atoms with Gasteiger partial charge in [0.2, 0.25) is 0 Å². The summed E-state index contributed by atoms with van der Waals surface area (Å²) >= 11 is 9.38. The lowest BCUT2D eigenvalue weighted by atomic mass is 10.1. The number of carbonyl (C=O) groups excluding carboxylic acids is 1. The van der Waals surface area contributed by atoms with E-state index < -0.39 is 0 Å². The number of aryl methyl sites for hydroxylation is 2. The lowest BCUT2D eigenvalue weighted by Crippen LogP contribution is -2.13. The van der Waals surface area contributed by atoms with Gasteiger partial charge in [0.25, 0.3) is 5.91 Å². The number of benzene rings is 2. The quantitative estimate of drug-likeness (QED) is 0.778. The number of nitrogen functional groups attached to an aromatic ring is 1. The molecule has 0 radical (unpaired) electrons. The Balaban J connectivity index is 2.30. The lowest BCUT2D eigenvalue weighted by molar-refractivity contribution is 0.102. The van der Waals surface area contributed by atoms with Crippen LogP contribution in [0.3, 0.4) is 0 Å². The smallest absolute Gasteiger partial charge is 0.256 e. The average molecular weight is 354 g/mol. The van der Waals surface area contributed by atoms with Gasteiger partial charge in [-0.05, 0) is 65.2 Å². The van der Waals surface area contributed by atoms with Crippen molar-refractivity contribution >= 4 is 44.8 Å². The number of hydrogen-bond acceptors (Lipinski definition) is 2. The Bertz CT molecular complexity index is 686. The van der Waals surface area contributed by atoms with Crippen molar-refractivity contribution in [3.63, 3.8) is 0 Å². The number of rotatable bonds is 2. The van der Waals surface area contributed by atoms with Gasteiger partial charge in [-0.25, -0.2) is 0 Å². The van der Waals surface area contributed by atoms with Crippen LogP contribution in [-0.2, 0) is 0 Å². The van der Waals surface area contributed by atoms with Crippen molar-refractivity contribution in [3.05, 3.63) is 56.5 Å². The predicted octanol–water partition coefficient (Wildman–Crippen LogP) is 4.55. The Morgan fingerprint density at radius 3 is 2.60 bits per heavy atom. The summed E-state index contributed by atoms with van der Waals surface area (Å²) in [6, 6.07) is 8.97. The first-order valence-electron chi connectivity index (χ1n) is 6.01. The van der Waals surface area contributed by atoms with E-state index in [9.17, 15) is 4.79 Å². The molecule has 0 saturated carbocycles. The maximum atomic E-state index is 12.3. The van der Waals surface area contributed by atoms with E-state index in [1.807, 2.05) is 26.0 Å². The molecule has 2 aromatic rings. The van der Waals surface area contributed by atoms with E-state index in [2.05, 4.69) is 21.2 Å². The molecule has 0 saturated heterocycles. The van der Waals surface area contributed by atoms with Gasteiger partial charge < -0.3 is 11.1 Å². The highest BCUT2D eigenvalue weighted by Gasteiger charge is 2.12. The van der Waals surface area contributed by atoms with E-state index in [1.165, 1.54) is 0 Å². The van der Waals surface area contributed by atoms with E-state index in [-0.39, 0.29) is 5.91 Å². The Morgan fingerprint density at radius 2 is 1.95 bits per heavy atom. The van der Waals surface area contributed by atoms with Gasteiger partial charge >= 0.3 is 0 Å². The van der Waals surface area contributed by atoms with Crippen molar-refractivity contribution in [3.8, 4) is 0 Å². The van der Waals surface area contributed by atoms with Gasteiger partial charge in [0.1, 0.15) is 0 Å². The van der Waals surface area contributed by atoms with Crippen LogP contribution < -0.4 is 11.1 Å². The number of nitrogens with two attached hydrogens (primary N) is 1. The number of halogens is 2. The van der Waals surface area contributed by atoms with Crippen LogP contribution in [0.4, 0.5) is 11.4 Å². The molecule has 104 valence electrons. The normalized spacial score (nSPS) is 10.4. The molecule has 5 heteroatoms. The molecule has 0 fully saturated rings. The van der Waals surface area contributed by atoms with E-state index in [0.717, 1.165) is 15.6 Å². The fraction of sp³-hybridized carbons (Fsp3) is 0.133. The van der Waals surface area contributed by atoms with Crippen molar-refractivity contribution in [1.82, 2.24) is 0 Å². The molecule has 0 aliphatic heterocycles. The van der Waals surface area contributed by atoms with Crippen molar-refractivity contribution in [2.75, 3.05) is 11.1 Å². The fourth-order valence-corrected chi connectivity index (χ4v) is 2.67. The van der Waals surface area contributed by atoms with Gasteiger partial charge in [0.15, 0.2) is 0 Å². The van der Waals surface area contributed by atoms with E-state index in [0.29, 0.717) is 22.0 Å². The van der Waals surface area contributed by atoms with Crippen LogP contribution in [0, 0.1) is 13.8 Å². The second-order valence-corrected chi connectivity index (χ2v) is 5.89. The summed E-state index contributed by atoms with van der Waals surface area (Å²) in [5, 5.41) is 3.27. The SMILES string of the molecule is Cc1ccc(C(=O)Nc2cc(Cl)c(N)cc2C)c(Br)c1. The van der Waals surface area contributed by atoms with Crippen molar-refractivity contribution in [1.29, 1.82) is 0 Å². The van der Waals surface area contributed by atoms with Crippen LogP contribution in [0.5, 0.6) is 0 Å². The van der Waals surface area contributed by atoms with Gasteiger partial charge in [-0.15, -0.1) is 0 Å². The Hall–Kier alpha value is -1.52. The highest BCUT2D eigenvalue weighted by molar-refractivity contribution is 9.10. The first-order valence-corrected chi connectivity index (χ1v) is 7.18. The molecule has 0 bridgehead atoms. The molecule has 3 N–H and O–H groups in total. The third-order valence-corrected chi connectivity index (χ3v) is 3.94. The summed E-state index contributed by atoms with van der Waals surface area (Å²) in [7, 11) is 0. The van der Waals surface area contributed by atoms with Gasteiger partial charge in [-0.2, -0.15) is 0 Å². The van der Waals surface area contributed by atoms with Crippen LogP contribution >= 0.6 is 27.5 Å². The van der Waals surface area contributed by atoms with Crippen molar-refractivity contribution < 1.29 is 4.79 Å². The van der Waals surface area contributed by atoms with Crippen molar-refractivity contribution in [2.24, 2.45) is 0 Å². The topological polar surface area (TPSA) is 55.1 Å². The largest absolute Gasteiger partial charge is 0.398 e. The molecule has 0 unspecified atom stereocenters. The van der Waals surface area contributed by atoms with Crippen molar-refractivity contribution in [2.45, 2.75) is 13.8 Å². The molecule has 2 aromatic carbocycles. The predicted molar refractivity (Wildman–Crippen MR) is 87.4 cm³/mol. The maximum Gasteiger partial charge on any atom is 0.256 e. The number of nitrogens with one attached hydrogen (secondary N) is 1. The second-order valence-electron chi connectivity index (χ2n) is 4.63. The van der Waals surface area contributed by atoms with Gasteiger partial charge in [-0.3, -0.25) is 4.79 Å². The Morgan fingerprint density at radius 1 is 1.25 bits per heavy atom.